The Bertz CT molecular complexity index is 1800. The van der Waals surface area contributed by atoms with Gasteiger partial charge in [0.1, 0.15) is 40.5 Å². The molecule has 0 spiro atoms. The van der Waals surface area contributed by atoms with Crippen molar-refractivity contribution >= 4 is 34.3 Å². The lowest BCUT2D eigenvalue weighted by atomic mass is 9.82. The lowest BCUT2D eigenvalue weighted by molar-refractivity contribution is -0.123. The van der Waals surface area contributed by atoms with Crippen LogP contribution in [-0.2, 0) is 10.2 Å². The zero-order valence-electron chi connectivity index (χ0n) is 23.8. The number of primary amides is 1. The molecule has 222 valence electrons. The van der Waals surface area contributed by atoms with Crippen LogP contribution in [0.1, 0.15) is 66.2 Å². The molecule has 0 saturated heterocycles. The number of carbonyl (C=O) groups is 2. The van der Waals surface area contributed by atoms with Gasteiger partial charge in [-0.3, -0.25) is 14.3 Å². The first-order valence-electron chi connectivity index (χ1n) is 14.4. The first-order valence-corrected chi connectivity index (χ1v) is 14.8. The Balaban J connectivity index is 1.23. The molecule has 2 aromatic heterocycles. The third-order valence-corrected chi connectivity index (χ3v) is 9.18. The summed E-state index contributed by atoms with van der Waals surface area (Å²) in [6.45, 7) is 2.12. The third kappa shape index (κ3) is 4.87. The van der Waals surface area contributed by atoms with Gasteiger partial charge in [0, 0.05) is 46.4 Å². The lowest BCUT2D eigenvalue weighted by Crippen LogP contribution is -2.40. The van der Waals surface area contributed by atoms with Crippen molar-refractivity contribution in [1.82, 2.24) is 20.1 Å². The number of ether oxygens (including phenoxy) is 2. The summed E-state index contributed by atoms with van der Waals surface area (Å²) in [6, 6.07) is 9.90. The standard InChI is InChI=1S/C32H31ClFN5O4/c1-32(31(35)41)15-43-29-23(32)12-25(37-28(29)21-8-5-19(34)11-24(21)33)22(16-3-4-16)13-36-30(40)17-9-18-14-39(20-6-7-20)38-27(18)26(10-17)42-2/h5,8-12,14,16,20,22H,3-4,6-7,13,15H2,1-2H3,(H2,35,41)(H,36,40)/t22-,32-/m0/s1. The predicted molar refractivity (Wildman–Crippen MR) is 159 cm³/mol. The van der Waals surface area contributed by atoms with Crippen LogP contribution < -0.4 is 20.5 Å². The number of pyridine rings is 1. The van der Waals surface area contributed by atoms with Gasteiger partial charge in [-0.05, 0) is 74.9 Å². The lowest BCUT2D eigenvalue weighted by Gasteiger charge is -2.22. The molecule has 0 unspecified atom stereocenters. The Morgan fingerprint density at radius 2 is 2.02 bits per heavy atom. The number of benzene rings is 2. The first kappa shape index (κ1) is 27.6. The van der Waals surface area contributed by atoms with Gasteiger partial charge in [-0.15, -0.1) is 0 Å². The monoisotopic (exact) mass is 603 g/mol. The molecule has 11 heteroatoms. The van der Waals surface area contributed by atoms with E-state index >= 15 is 0 Å². The molecule has 0 radical (unpaired) electrons. The maximum absolute atomic E-state index is 13.9. The van der Waals surface area contributed by atoms with E-state index in [-0.39, 0.29) is 23.5 Å². The number of carbonyl (C=O) groups excluding carboxylic acids is 2. The summed E-state index contributed by atoms with van der Waals surface area (Å²) in [5.41, 5.74) is 8.18. The number of rotatable bonds is 9. The zero-order valence-corrected chi connectivity index (χ0v) is 24.6. The molecule has 2 saturated carbocycles. The van der Waals surface area contributed by atoms with Crippen LogP contribution in [0.2, 0.25) is 5.02 Å². The Hall–Kier alpha value is -4.18. The number of fused-ring (bicyclic) bond motifs is 2. The average Bonchev–Trinajstić information content (AvgIpc) is 3.92. The summed E-state index contributed by atoms with van der Waals surface area (Å²) >= 11 is 6.46. The number of hydrogen-bond donors (Lipinski definition) is 2. The Labute approximate surface area is 252 Å². The Morgan fingerprint density at radius 1 is 1.23 bits per heavy atom. The molecule has 4 aromatic rings. The molecule has 3 N–H and O–H groups in total. The fourth-order valence-electron chi connectivity index (χ4n) is 5.91. The fourth-order valence-corrected chi connectivity index (χ4v) is 6.17. The number of nitrogens with two attached hydrogens (primary N) is 1. The molecule has 3 aliphatic rings. The number of hydrogen-bond acceptors (Lipinski definition) is 6. The van der Waals surface area contributed by atoms with E-state index in [9.17, 15) is 14.0 Å². The van der Waals surface area contributed by atoms with Crippen LogP contribution in [0.25, 0.3) is 22.2 Å². The second-order valence-electron chi connectivity index (χ2n) is 12.0. The molecule has 3 heterocycles. The topological polar surface area (TPSA) is 121 Å². The normalized spacial score (nSPS) is 20.0. The maximum atomic E-state index is 13.9. The molecule has 7 rings (SSSR count). The van der Waals surface area contributed by atoms with Gasteiger partial charge in [-0.25, -0.2) is 9.37 Å². The van der Waals surface area contributed by atoms with Gasteiger partial charge < -0.3 is 20.5 Å². The molecule has 2 fully saturated rings. The highest BCUT2D eigenvalue weighted by Crippen LogP contribution is 2.49. The van der Waals surface area contributed by atoms with Gasteiger partial charge in [0.05, 0.1) is 18.2 Å². The quantitative estimate of drug-likeness (QED) is 0.268. The van der Waals surface area contributed by atoms with Crippen LogP contribution in [0.4, 0.5) is 4.39 Å². The molecule has 0 bridgehead atoms. The number of halogens is 2. The molecule has 2 amide bonds. The van der Waals surface area contributed by atoms with Crippen molar-refractivity contribution in [1.29, 1.82) is 0 Å². The number of methoxy groups -OCH3 is 1. The first-order chi connectivity index (χ1) is 20.7. The Morgan fingerprint density at radius 3 is 2.70 bits per heavy atom. The highest BCUT2D eigenvalue weighted by molar-refractivity contribution is 6.33. The summed E-state index contributed by atoms with van der Waals surface area (Å²) < 4.78 is 27.4. The number of nitrogens with zero attached hydrogens (tertiary/aromatic N) is 3. The van der Waals surface area contributed by atoms with Crippen LogP contribution in [0.15, 0.2) is 42.6 Å². The van der Waals surface area contributed by atoms with Gasteiger partial charge in [0.2, 0.25) is 5.91 Å². The third-order valence-electron chi connectivity index (χ3n) is 8.87. The maximum Gasteiger partial charge on any atom is 0.251 e. The minimum Gasteiger partial charge on any atom is -0.494 e. The largest absolute Gasteiger partial charge is 0.494 e. The summed E-state index contributed by atoms with van der Waals surface area (Å²) in [5, 5.41) is 8.80. The van der Waals surface area contributed by atoms with E-state index in [1.807, 2.05) is 23.0 Å². The predicted octanol–water partition coefficient (Wildman–Crippen LogP) is 5.29. The smallest absolute Gasteiger partial charge is 0.251 e. The van der Waals surface area contributed by atoms with Gasteiger partial charge in [0.15, 0.2) is 0 Å². The minimum atomic E-state index is -1.08. The van der Waals surface area contributed by atoms with E-state index in [1.54, 1.807) is 26.2 Å². The second kappa shape index (κ2) is 10.2. The van der Waals surface area contributed by atoms with Gasteiger partial charge in [-0.2, -0.15) is 5.10 Å². The van der Waals surface area contributed by atoms with Crippen LogP contribution in [0.5, 0.6) is 11.5 Å². The highest BCUT2D eigenvalue weighted by Gasteiger charge is 2.45. The fraction of sp³-hybridized carbons (Fsp3) is 0.375. The van der Waals surface area contributed by atoms with Crippen molar-refractivity contribution in [3.05, 3.63) is 70.3 Å². The second-order valence-corrected chi connectivity index (χ2v) is 12.4. The average molecular weight is 604 g/mol. The van der Waals surface area contributed by atoms with Gasteiger partial charge in [-0.1, -0.05) is 11.6 Å². The zero-order chi connectivity index (χ0) is 30.0. The van der Waals surface area contributed by atoms with E-state index in [1.165, 1.54) is 12.1 Å². The number of amides is 2. The molecule has 2 aliphatic carbocycles. The van der Waals surface area contributed by atoms with E-state index < -0.39 is 17.1 Å². The highest BCUT2D eigenvalue weighted by atomic mass is 35.5. The molecular formula is C32H31ClFN5O4. The van der Waals surface area contributed by atoms with Crippen molar-refractivity contribution in [3.63, 3.8) is 0 Å². The molecule has 1 aliphatic heterocycles. The van der Waals surface area contributed by atoms with E-state index in [0.717, 1.165) is 36.6 Å². The summed E-state index contributed by atoms with van der Waals surface area (Å²) in [7, 11) is 1.57. The molecule has 2 atom stereocenters. The summed E-state index contributed by atoms with van der Waals surface area (Å²) in [6.07, 6.45) is 6.13. The summed E-state index contributed by atoms with van der Waals surface area (Å²) in [5.74, 6) is -0.135. The van der Waals surface area contributed by atoms with Crippen molar-refractivity contribution < 1.29 is 23.5 Å². The van der Waals surface area contributed by atoms with E-state index in [2.05, 4.69) is 10.4 Å². The van der Waals surface area contributed by atoms with Crippen molar-refractivity contribution in [2.24, 2.45) is 11.7 Å². The van der Waals surface area contributed by atoms with Crippen LogP contribution in [-0.4, -0.2) is 46.8 Å². The molecular weight excluding hydrogens is 573 g/mol. The van der Waals surface area contributed by atoms with Crippen LogP contribution in [0.3, 0.4) is 0 Å². The van der Waals surface area contributed by atoms with Gasteiger partial charge >= 0.3 is 0 Å². The van der Waals surface area contributed by atoms with Crippen LogP contribution >= 0.6 is 11.6 Å². The van der Waals surface area contributed by atoms with Gasteiger partial charge in [0.25, 0.3) is 5.91 Å². The molecule has 2 aromatic carbocycles. The van der Waals surface area contributed by atoms with Crippen LogP contribution in [0, 0.1) is 11.7 Å². The number of nitrogens with one attached hydrogen (secondary N) is 1. The van der Waals surface area contributed by atoms with E-state index in [4.69, 9.17) is 31.8 Å². The SMILES string of the molecule is COc1cc(C(=O)NC[C@H](c2cc3c(c(-c4ccc(F)cc4Cl)n2)OC[C@]3(C)C(N)=O)C2CC2)cc2cn(C3CC3)nc12. The molecule has 43 heavy (non-hydrogen) atoms. The van der Waals surface area contributed by atoms with Crippen molar-refractivity contribution in [2.75, 3.05) is 20.3 Å². The van der Waals surface area contributed by atoms with Crippen molar-refractivity contribution in [2.45, 2.75) is 50.0 Å². The number of aromatic nitrogens is 3. The van der Waals surface area contributed by atoms with E-state index in [0.29, 0.717) is 58.1 Å². The summed E-state index contributed by atoms with van der Waals surface area (Å²) in [4.78, 5) is 31.1. The molecule has 9 nitrogen and oxygen atoms in total. The van der Waals surface area contributed by atoms with Crippen molar-refractivity contribution in [3.8, 4) is 22.8 Å². The Kier molecular flexibility index (Phi) is 6.57. The minimum absolute atomic E-state index is 0.0566.